The molecule has 0 aliphatic carbocycles. The molecule has 0 saturated carbocycles. The Kier molecular flexibility index (Phi) is 12.7. The minimum atomic E-state index is -0.682. The Morgan fingerprint density at radius 1 is 0.760 bits per heavy atom. The number of carbonyl (C=O) groups excluding carboxylic acids is 2. The van der Waals surface area contributed by atoms with Gasteiger partial charge in [0.1, 0.15) is 42.0 Å². The van der Waals surface area contributed by atoms with E-state index in [4.69, 9.17) is 23.7 Å². The molecule has 0 atom stereocenters. The van der Waals surface area contributed by atoms with Crippen molar-refractivity contribution in [2.75, 3.05) is 32.8 Å². The summed E-state index contributed by atoms with van der Waals surface area (Å²) in [4.78, 5) is 27.8. The van der Waals surface area contributed by atoms with Gasteiger partial charge in [-0.15, -0.1) is 12.4 Å². The fraction of sp³-hybridized carbons (Fsp3) is 0.463. The molecule has 3 aromatic carbocycles. The van der Waals surface area contributed by atoms with E-state index >= 15 is 0 Å². The zero-order valence-electron chi connectivity index (χ0n) is 30.7. The van der Waals surface area contributed by atoms with E-state index in [0.717, 1.165) is 53.2 Å². The minimum Gasteiger partial charge on any atom is -0.492 e. The molecule has 270 valence electrons. The zero-order chi connectivity index (χ0) is 35.3. The van der Waals surface area contributed by atoms with Gasteiger partial charge in [-0.3, -0.25) is 14.5 Å². The molecule has 9 heteroatoms. The van der Waals surface area contributed by atoms with Crippen LogP contribution in [0, 0.1) is 10.8 Å². The third-order valence-corrected chi connectivity index (χ3v) is 8.44. The number of fused-ring (bicyclic) bond motifs is 1. The summed E-state index contributed by atoms with van der Waals surface area (Å²) < 4.78 is 30.4. The van der Waals surface area contributed by atoms with Crippen molar-refractivity contribution in [1.82, 2.24) is 4.90 Å². The lowest BCUT2D eigenvalue weighted by Gasteiger charge is -2.28. The van der Waals surface area contributed by atoms with E-state index in [2.05, 4.69) is 17.0 Å². The molecule has 5 rings (SSSR count). The van der Waals surface area contributed by atoms with Gasteiger partial charge in [-0.05, 0) is 117 Å². The van der Waals surface area contributed by atoms with Gasteiger partial charge in [-0.25, -0.2) is 0 Å². The topological polar surface area (TPSA) is 83.5 Å². The number of carbonyl (C=O) groups is 2. The van der Waals surface area contributed by atoms with Crippen LogP contribution in [0.5, 0.6) is 28.7 Å². The largest absolute Gasteiger partial charge is 0.492 e. The number of ether oxygens (including phenoxy) is 5. The monoisotopic (exact) mass is 705 g/mol. The Labute approximate surface area is 303 Å². The summed E-state index contributed by atoms with van der Waals surface area (Å²) in [5.74, 6) is 2.11. The first kappa shape index (κ1) is 38.8. The molecule has 0 spiro atoms. The molecule has 0 bridgehead atoms. The van der Waals surface area contributed by atoms with Crippen LogP contribution in [0.2, 0.25) is 0 Å². The van der Waals surface area contributed by atoms with E-state index in [0.29, 0.717) is 29.6 Å². The van der Waals surface area contributed by atoms with Crippen molar-refractivity contribution in [3.63, 3.8) is 0 Å². The lowest BCUT2D eigenvalue weighted by Crippen LogP contribution is -2.33. The van der Waals surface area contributed by atoms with Crippen molar-refractivity contribution in [2.24, 2.45) is 10.8 Å². The van der Waals surface area contributed by atoms with Gasteiger partial charge >= 0.3 is 11.9 Å². The van der Waals surface area contributed by atoms with Crippen LogP contribution in [-0.2, 0) is 9.59 Å². The highest BCUT2D eigenvalue weighted by molar-refractivity contribution is 6.03. The minimum absolute atomic E-state index is 0. The number of hydrogen-bond donors (Lipinski definition) is 0. The number of nitrogens with zero attached hydrogens (tertiary/aromatic N) is 1. The third kappa shape index (κ3) is 9.82. The van der Waals surface area contributed by atoms with E-state index in [1.165, 1.54) is 19.3 Å². The number of esters is 2. The van der Waals surface area contributed by atoms with Gasteiger partial charge in [-0.1, -0.05) is 30.7 Å². The first-order valence-electron chi connectivity index (χ1n) is 17.4. The van der Waals surface area contributed by atoms with E-state index in [9.17, 15) is 9.59 Å². The standard InChI is InChI=1S/C41H51NO7.ClH/c1-27(2)47-35-25-32(49-39(44)41(6,7)8)24-34-37(35)36(29-14-16-30(17-15-29)45-23-22-42-20-10-9-11-21-42)33(26-46-34)28-12-18-31(19-13-28)48-38(43)40(3,4)5;/h12-19,24-25,27H,9-11,20-23,26H2,1-8H3;1H. The van der Waals surface area contributed by atoms with Crippen LogP contribution in [0.4, 0.5) is 0 Å². The summed E-state index contributed by atoms with van der Waals surface area (Å²) in [7, 11) is 0. The summed E-state index contributed by atoms with van der Waals surface area (Å²) in [6, 6.07) is 19.1. The Balaban J connectivity index is 0.00000562. The molecule has 2 heterocycles. The van der Waals surface area contributed by atoms with Crippen molar-refractivity contribution in [1.29, 1.82) is 0 Å². The predicted molar refractivity (Wildman–Crippen MR) is 200 cm³/mol. The van der Waals surface area contributed by atoms with Crippen LogP contribution in [0.3, 0.4) is 0 Å². The Bertz CT molecular complexity index is 1660. The average molecular weight is 706 g/mol. The summed E-state index contributed by atoms with van der Waals surface area (Å²) >= 11 is 0. The van der Waals surface area contributed by atoms with Crippen LogP contribution in [0.25, 0.3) is 11.1 Å². The van der Waals surface area contributed by atoms with Gasteiger partial charge in [0.2, 0.25) is 0 Å². The summed E-state index contributed by atoms with van der Waals surface area (Å²) in [6.45, 7) is 19.0. The molecule has 1 saturated heterocycles. The first-order valence-corrected chi connectivity index (χ1v) is 17.4. The first-order chi connectivity index (χ1) is 23.2. The second-order valence-corrected chi connectivity index (χ2v) is 15.2. The summed E-state index contributed by atoms with van der Waals surface area (Å²) in [5.41, 5.74) is 3.21. The lowest BCUT2D eigenvalue weighted by atomic mass is 9.87. The van der Waals surface area contributed by atoms with Crippen molar-refractivity contribution < 1.29 is 33.3 Å². The molecule has 0 aromatic heterocycles. The number of benzene rings is 3. The molecule has 50 heavy (non-hydrogen) atoms. The molecule has 3 aromatic rings. The molecule has 0 radical (unpaired) electrons. The van der Waals surface area contributed by atoms with Gasteiger partial charge in [0.15, 0.2) is 0 Å². The highest BCUT2D eigenvalue weighted by Gasteiger charge is 2.30. The summed E-state index contributed by atoms with van der Waals surface area (Å²) in [6.07, 6.45) is 3.67. The van der Waals surface area contributed by atoms with Gasteiger partial charge < -0.3 is 23.7 Å². The zero-order valence-corrected chi connectivity index (χ0v) is 31.5. The van der Waals surface area contributed by atoms with Gasteiger partial charge in [-0.2, -0.15) is 0 Å². The van der Waals surface area contributed by atoms with Crippen LogP contribution >= 0.6 is 12.4 Å². The molecule has 1 fully saturated rings. The maximum Gasteiger partial charge on any atom is 0.316 e. The van der Waals surface area contributed by atoms with Gasteiger partial charge in [0, 0.05) is 29.8 Å². The predicted octanol–water partition coefficient (Wildman–Crippen LogP) is 9.01. The van der Waals surface area contributed by atoms with Crippen LogP contribution in [-0.4, -0.2) is 55.8 Å². The van der Waals surface area contributed by atoms with Crippen molar-refractivity contribution >= 4 is 35.5 Å². The molecule has 0 N–H and O–H groups in total. The number of likely N-dealkylation sites (tertiary alicyclic amines) is 1. The smallest absolute Gasteiger partial charge is 0.316 e. The van der Waals surface area contributed by atoms with E-state index < -0.39 is 10.8 Å². The highest BCUT2D eigenvalue weighted by atomic mass is 35.5. The Morgan fingerprint density at radius 2 is 1.32 bits per heavy atom. The molecular formula is C41H52ClNO7. The van der Waals surface area contributed by atoms with Crippen molar-refractivity contribution in [3.05, 3.63) is 77.4 Å². The molecule has 2 aliphatic rings. The quantitative estimate of drug-likeness (QED) is 0.153. The maximum absolute atomic E-state index is 12.8. The average Bonchev–Trinajstić information content (AvgIpc) is 3.04. The Hall–Kier alpha value is -4.01. The van der Waals surface area contributed by atoms with Crippen LogP contribution < -0.4 is 23.7 Å². The maximum atomic E-state index is 12.8. The van der Waals surface area contributed by atoms with Gasteiger partial charge in [0.05, 0.1) is 22.5 Å². The highest BCUT2D eigenvalue weighted by Crippen LogP contribution is 2.48. The molecule has 0 unspecified atom stereocenters. The van der Waals surface area contributed by atoms with Crippen LogP contribution in [0.15, 0.2) is 60.7 Å². The number of hydrogen-bond acceptors (Lipinski definition) is 8. The molecule has 2 aliphatic heterocycles. The third-order valence-electron chi connectivity index (χ3n) is 8.44. The van der Waals surface area contributed by atoms with Crippen LogP contribution in [0.1, 0.15) is 91.3 Å². The Morgan fingerprint density at radius 3 is 1.90 bits per heavy atom. The van der Waals surface area contributed by atoms with Gasteiger partial charge in [0.25, 0.3) is 0 Å². The number of piperidine rings is 1. The SMILES string of the molecule is CC(C)Oc1cc(OC(=O)C(C)(C)C)cc2c1C(c1ccc(OCCN3CCCCC3)cc1)=C(c1ccc(OC(=O)C(C)(C)C)cc1)CO2.Cl. The van der Waals surface area contributed by atoms with Crippen molar-refractivity contribution in [3.8, 4) is 28.7 Å². The van der Waals surface area contributed by atoms with Crippen molar-refractivity contribution in [2.45, 2.75) is 80.8 Å². The fourth-order valence-electron chi connectivity index (χ4n) is 5.69. The van der Waals surface area contributed by atoms with E-state index in [1.807, 2.05) is 79.7 Å². The second-order valence-electron chi connectivity index (χ2n) is 15.2. The summed E-state index contributed by atoms with van der Waals surface area (Å²) in [5, 5.41) is 0. The second kappa shape index (κ2) is 16.3. The molecule has 0 amide bonds. The van der Waals surface area contributed by atoms with E-state index in [1.54, 1.807) is 24.3 Å². The molecule has 8 nitrogen and oxygen atoms in total. The number of halogens is 1. The number of rotatable bonds is 10. The lowest BCUT2D eigenvalue weighted by molar-refractivity contribution is -0.143. The van der Waals surface area contributed by atoms with E-state index in [-0.39, 0.29) is 37.1 Å². The fourth-order valence-corrected chi connectivity index (χ4v) is 5.69. The molecular weight excluding hydrogens is 654 g/mol. The normalized spacial score (nSPS) is 15.1.